The van der Waals surface area contributed by atoms with Crippen LogP contribution in [-0.2, 0) is 12.7 Å². The van der Waals surface area contributed by atoms with Crippen LogP contribution in [0.3, 0.4) is 0 Å². The lowest BCUT2D eigenvalue weighted by Gasteiger charge is -2.10. The van der Waals surface area contributed by atoms with Crippen LogP contribution in [-0.4, -0.2) is 6.04 Å². The molecule has 1 saturated carbocycles. The smallest absolute Gasteiger partial charge is 0.310 e. The minimum absolute atomic E-state index is 0.274. The molecule has 1 N–H and O–H groups in total. The first-order chi connectivity index (χ1) is 7.86. The number of rotatable bonds is 3. The summed E-state index contributed by atoms with van der Waals surface area (Å²) in [5, 5.41) is 3.09. The van der Waals surface area contributed by atoms with E-state index in [0.29, 0.717) is 23.6 Å². The Balaban J connectivity index is 2.08. The Hall–Kier alpha value is -1.10. The fourth-order valence-corrected chi connectivity index (χ4v) is 1.77. The summed E-state index contributed by atoms with van der Waals surface area (Å²) in [5.74, 6) is -0.286. The van der Waals surface area contributed by atoms with Gasteiger partial charge < -0.3 is 5.32 Å². The van der Waals surface area contributed by atoms with E-state index < -0.39 is 17.6 Å². The molecule has 94 valence electrons. The van der Waals surface area contributed by atoms with Gasteiger partial charge in [-0.2, -0.15) is 13.2 Å². The number of benzene rings is 1. The van der Waals surface area contributed by atoms with Crippen molar-refractivity contribution in [2.75, 3.05) is 0 Å². The highest BCUT2D eigenvalue weighted by Gasteiger charge is 2.33. The van der Waals surface area contributed by atoms with Crippen molar-refractivity contribution in [3.8, 4) is 0 Å². The third-order valence-electron chi connectivity index (χ3n) is 2.96. The summed E-state index contributed by atoms with van der Waals surface area (Å²) in [6, 6.07) is 2.99. The third kappa shape index (κ3) is 3.19. The number of alkyl halides is 3. The second-order valence-electron chi connectivity index (χ2n) is 4.55. The van der Waals surface area contributed by atoms with E-state index >= 15 is 0 Å². The maximum absolute atomic E-state index is 13.0. The van der Waals surface area contributed by atoms with Gasteiger partial charge in [-0.25, -0.2) is 4.39 Å². The summed E-state index contributed by atoms with van der Waals surface area (Å²) in [4.78, 5) is 0. The van der Waals surface area contributed by atoms with Crippen molar-refractivity contribution in [3.05, 3.63) is 35.1 Å². The molecule has 0 heterocycles. The highest BCUT2D eigenvalue weighted by Crippen LogP contribution is 2.31. The zero-order chi connectivity index (χ0) is 12.6. The molecule has 1 aliphatic carbocycles. The molecule has 1 fully saturated rings. The van der Waals surface area contributed by atoms with E-state index in [1.165, 1.54) is 0 Å². The first kappa shape index (κ1) is 12.4. The summed E-state index contributed by atoms with van der Waals surface area (Å²) in [5.41, 5.74) is -0.602. The zero-order valence-electron chi connectivity index (χ0n) is 9.31. The highest BCUT2D eigenvalue weighted by atomic mass is 19.4. The topological polar surface area (TPSA) is 12.0 Å². The van der Waals surface area contributed by atoms with Crippen LogP contribution in [0.5, 0.6) is 0 Å². The monoisotopic (exact) mass is 247 g/mol. The lowest BCUT2D eigenvalue weighted by atomic mass is 10.1. The molecule has 0 radical (unpaired) electrons. The Labute approximate surface area is 96.8 Å². The first-order valence-electron chi connectivity index (χ1n) is 5.46. The molecular formula is C12H13F4N. The van der Waals surface area contributed by atoms with Crippen molar-refractivity contribution in [1.29, 1.82) is 0 Å². The minimum Gasteiger partial charge on any atom is -0.310 e. The average Bonchev–Trinajstić information content (AvgIpc) is 2.90. The molecule has 1 aliphatic rings. The van der Waals surface area contributed by atoms with Crippen LogP contribution in [0, 0.1) is 11.7 Å². The van der Waals surface area contributed by atoms with Gasteiger partial charge in [0.2, 0.25) is 0 Å². The molecule has 0 spiro atoms. The third-order valence-corrected chi connectivity index (χ3v) is 2.96. The maximum Gasteiger partial charge on any atom is 0.416 e. The van der Waals surface area contributed by atoms with Gasteiger partial charge in [-0.05, 0) is 36.1 Å². The first-order valence-corrected chi connectivity index (χ1v) is 5.46. The average molecular weight is 247 g/mol. The molecule has 0 aliphatic heterocycles. The summed E-state index contributed by atoms with van der Waals surface area (Å²) < 4.78 is 50.3. The molecule has 2 unspecified atom stereocenters. The summed E-state index contributed by atoms with van der Waals surface area (Å²) in [7, 11) is 0. The molecule has 2 atom stereocenters. The lowest BCUT2D eigenvalue weighted by Crippen LogP contribution is -2.18. The standard InChI is InChI=1S/C12H13F4N/c1-7-2-11(7)17-6-8-3-9(12(14,15)16)5-10(13)4-8/h3-5,7,11,17H,2,6H2,1H3. The van der Waals surface area contributed by atoms with Crippen LogP contribution in [0.15, 0.2) is 18.2 Å². The highest BCUT2D eigenvalue weighted by molar-refractivity contribution is 5.27. The van der Waals surface area contributed by atoms with E-state index in [9.17, 15) is 17.6 Å². The Morgan fingerprint density at radius 1 is 1.29 bits per heavy atom. The second-order valence-corrected chi connectivity index (χ2v) is 4.55. The normalized spacial score (nSPS) is 23.8. The molecule has 1 nitrogen and oxygen atoms in total. The quantitative estimate of drug-likeness (QED) is 0.808. The summed E-state index contributed by atoms with van der Waals surface area (Å²) in [6.45, 7) is 2.33. The van der Waals surface area contributed by atoms with Crippen molar-refractivity contribution < 1.29 is 17.6 Å². The van der Waals surface area contributed by atoms with Gasteiger partial charge in [0.25, 0.3) is 0 Å². The van der Waals surface area contributed by atoms with Gasteiger partial charge in [0.15, 0.2) is 0 Å². The second kappa shape index (κ2) is 4.29. The predicted molar refractivity (Wildman–Crippen MR) is 55.8 cm³/mol. The van der Waals surface area contributed by atoms with Crippen LogP contribution >= 0.6 is 0 Å². The van der Waals surface area contributed by atoms with Gasteiger partial charge in [-0.1, -0.05) is 6.92 Å². The van der Waals surface area contributed by atoms with E-state index in [1.54, 1.807) is 0 Å². The van der Waals surface area contributed by atoms with Crippen molar-refractivity contribution >= 4 is 0 Å². The van der Waals surface area contributed by atoms with E-state index in [2.05, 4.69) is 12.2 Å². The molecule has 1 aromatic rings. The van der Waals surface area contributed by atoms with Gasteiger partial charge in [-0.3, -0.25) is 0 Å². The molecule has 0 bridgehead atoms. The van der Waals surface area contributed by atoms with Gasteiger partial charge in [-0.15, -0.1) is 0 Å². The van der Waals surface area contributed by atoms with Crippen molar-refractivity contribution in [2.45, 2.75) is 32.1 Å². The Bertz CT molecular complexity index is 413. The largest absolute Gasteiger partial charge is 0.416 e. The molecule has 1 aromatic carbocycles. The summed E-state index contributed by atoms with van der Waals surface area (Å²) >= 11 is 0. The van der Waals surface area contributed by atoms with Gasteiger partial charge >= 0.3 is 6.18 Å². The summed E-state index contributed by atoms with van der Waals surface area (Å²) in [6.07, 6.45) is -3.47. The SMILES string of the molecule is CC1CC1NCc1cc(F)cc(C(F)(F)F)c1. The van der Waals surface area contributed by atoms with Crippen LogP contribution in [0.1, 0.15) is 24.5 Å². The van der Waals surface area contributed by atoms with E-state index in [1.807, 2.05) is 0 Å². The molecule has 0 saturated heterocycles. The molecule has 17 heavy (non-hydrogen) atoms. The van der Waals surface area contributed by atoms with Crippen LogP contribution in [0.25, 0.3) is 0 Å². The van der Waals surface area contributed by atoms with E-state index in [-0.39, 0.29) is 6.54 Å². The van der Waals surface area contributed by atoms with Crippen LogP contribution in [0.4, 0.5) is 17.6 Å². The Kier molecular flexibility index (Phi) is 3.12. The number of nitrogens with one attached hydrogen (secondary N) is 1. The lowest BCUT2D eigenvalue weighted by molar-refractivity contribution is -0.137. The van der Waals surface area contributed by atoms with Gasteiger partial charge in [0, 0.05) is 12.6 Å². The van der Waals surface area contributed by atoms with Gasteiger partial charge in [0.1, 0.15) is 5.82 Å². The zero-order valence-corrected chi connectivity index (χ0v) is 9.31. The van der Waals surface area contributed by atoms with Crippen molar-refractivity contribution in [3.63, 3.8) is 0 Å². The maximum atomic E-state index is 13.0. The Morgan fingerprint density at radius 2 is 1.94 bits per heavy atom. The molecule has 5 heteroatoms. The van der Waals surface area contributed by atoms with E-state index in [0.717, 1.165) is 18.6 Å². The van der Waals surface area contributed by atoms with Crippen LogP contribution in [0.2, 0.25) is 0 Å². The molecule has 0 amide bonds. The van der Waals surface area contributed by atoms with Crippen molar-refractivity contribution in [2.24, 2.45) is 5.92 Å². The fourth-order valence-electron chi connectivity index (χ4n) is 1.77. The number of halogens is 4. The van der Waals surface area contributed by atoms with Gasteiger partial charge in [0.05, 0.1) is 5.56 Å². The number of hydrogen-bond acceptors (Lipinski definition) is 1. The molecule has 0 aromatic heterocycles. The van der Waals surface area contributed by atoms with Crippen molar-refractivity contribution in [1.82, 2.24) is 5.32 Å². The fraction of sp³-hybridized carbons (Fsp3) is 0.500. The predicted octanol–water partition coefficient (Wildman–Crippen LogP) is 3.34. The number of hydrogen-bond donors (Lipinski definition) is 1. The molecular weight excluding hydrogens is 234 g/mol. The van der Waals surface area contributed by atoms with E-state index in [4.69, 9.17) is 0 Å². The molecule has 2 rings (SSSR count). The minimum atomic E-state index is -4.50. The Morgan fingerprint density at radius 3 is 2.47 bits per heavy atom. The van der Waals surface area contributed by atoms with Crippen LogP contribution < -0.4 is 5.32 Å².